The van der Waals surface area contributed by atoms with Crippen molar-refractivity contribution in [3.8, 4) is 0 Å². The summed E-state index contributed by atoms with van der Waals surface area (Å²) in [5, 5.41) is 2.85. The fourth-order valence-electron chi connectivity index (χ4n) is 1.66. The molecule has 5 nitrogen and oxygen atoms in total. The molecule has 0 saturated carbocycles. The summed E-state index contributed by atoms with van der Waals surface area (Å²) < 4.78 is 10.1. The summed E-state index contributed by atoms with van der Waals surface area (Å²) in [5.74, 6) is -0.105. The Morgan fingerprint density at radius 2 is 1.94 bits per heavy atom. The lowest BCUT2D eigenvalue weighted by atomic mass is 9.84. The van der Waals surface area contributed by atoms with Crippen LogP contribution in [0.2, 0.25) is 0 Å². The summed E-state index contributed by atoms with van der Waals surface area (Å²) in [6, 6.07) is 0. The lowest BCUT2D eigenvalue weighted by Crippen LogP contribution is -2.38. The van der Waals surface area contributed by atoms with Crippen molar-refractivity contribution in [2.75, 3.05) is 40.0 Å². The molecule has 18 heavy (non-hydrogen) atoms. The Morgan fingerprint density at radius 1 is 1.28 bits per heavy atom. The van der Waals surface area contributed by atoms with Gasteiger partial charge in [-0.1, -0.05) is 20.8 Å². The Balaban J connectivity index is 3.77. The molecule has 0 saturated heterocycles. The second-order valence-electron chi connectivity index (χ2n) is 5.59. The van der Waals surface area contributed by atoms with Gasteiger partial charge in [-0.3, -0.25) is 4.79 Å². The third kappa shape index (κ3) is 9.39. The third-order valence-corrected chi connectivity index (χ3v) is 2.49. The molecule has 0 aliphatic carbocycles. The molecule has 0 aliphatic rings. The van der Waals surface area contributed by atoms with Gasteiger partial charge in [-0.05, 0) is 11.8 Å². The highest BCUT2D eigenvalue weighted by Crippen LogP contribution is 2.23. The van der Waals surface area contributed by atoms with Crippen molar-refractivity contribution >= 4 is 5.91 Å². The summed E-state index contributed by atoms with van der Waals surface area (Å²) in [7, 11) is 1.63. The van der Waals surface area contributed by atoms with Gasteiger partial charge < -0.3 is 20.5 Å². The van der Waals surface area contributed by atoms with Crippen molar-refractivity contribution in [2.24, 2.45) is 17.1 Å². The summed E-state index contributed by atoms with van der Waals surface area (Å²) >= 11 is 0. The number of methoxy groups -OCH3 is 1. The molecule has 1 atom stereocenters. The van der Waals surface area contributed by atoms with Gasteiger partial charge in [0.25, 0.3) is 0 Å². The monoisotopic (exact) mass is 260 g/mol. The first kappa shape index (κ1) is 17.4. The number of hydrogen-bond acceptors (Lipinski definition) is 4. The maximum absolute atomic E-state index is 11.9. The Kier molecular flexibility index (Phi) is 8.97. The SMILES string of the molecule is COCCOCCNC(=O)C(CN)CC(C)(C)C. The van der Waals surface area contributed by atoms with E-state index in [9.17, 15) is 4.79 Å². The Labute approximate surface area is 110 Å². The van der Waals surface area contributed by atoms with Gasteiger partial charge >= 0.3 is 0 Å². The van der Waals surface area contributed by atoms with E-state index in [1.807, 2.05) is 0 Å². The van der Waals surface area contributed by atoms with Crippen LogP contribution in [0.5, 0.6) is 0 Å². The summed E-state index contributed by atoms with van der Waals surface area (Å²) in [6.45, 7) is 8.85. The quantitative estimate of drug-likeness (QED) is 0.601. The highest BCUT2D eigenvalue weighted by molar-refractivity contribution is 5.78. The molecule has 0 aliphatic heterocycles. The van der Waals surface area contributed by atoms with E-state index in [1.165, 1.54) is 0 Å². The molecule has 108 valence electrons. The van der Waals surface area contributed by atoms with Crippen LogP contribution in [-0.4, -0.2) is 45.9 Å². The van der Waals surface area contributed by atoms with Gasteiger partial charge in [0.1, 0.15) is 0 Å². The smallest absolute Gasteiger partial charge is 0.224 e. The van der Waals surface area contributed by atoms with Crippen LogP contribution in [0, 0.1) is 11.3 Å². The Bertz CT molecular complexity index is 227. The normalized spacial score (nSPS) is 13.4. The van der Waals surface area contributed by atoms with Crippen molar-refractivity contribution in [1.82, 2.24) is 5.32 Å². The minimum absolute atomic E-state index is 0.0165. The van der Waals surface area contributed by atoms with Crippen LogP contribution in [0.4, 0.5) is 0 Å². The van der Waals surface area contributed by atoms with Gasteiger partial charge in [-0.2, -0.15) is 0 Å². The van der Waals surface area contributed by atoms with E-state index in [4.69, 9.17) is 15.2 Å². The van der Waals surface area contributed by atoms with Crippen LogP contribution in [0.3, 0.4) is 0 Å². The fourth-order valence-corrected chi connectivity index (χ4v) is 1.66. The van der Waals surface area contributed by atoms with Crippen LogP contribution in [0.25, 0.3) is 0 Å². The number of nitrogens with two attached hydrogens (primary N) is 1. The lowest BCUT2D eigenvalue weighted by Gasteiger charge is -2.24. The van der Waals surface area contributed by atoms with Gasteiger partial charge in [0.05, 0.1) is 25.7 Å². The Hall–Kier alpha value is -0.650. The number of rotatable bonds is 9. The minimum atomic E-state index is -0.121. The summed E-state index contributed by atoms with van der Waals surface area (Å²) in [5.41, 5.74) is 5.75. The number of hydrogen-bond donors (Lipinski definition) is 2. The molecule has 0 fully saturated rings. The first-order valence-electron chi connectivity index (χ1n) is 6.45. The molecule has 0 aromatic heterocycles. The van der Waals surface area contributed by atoms with E-state index >= 15 is 0 Å². The number of amides is 1. The molecular weight excluding hydrogens is 232 g/mol. The van der Waals surface area contributed by atoms with Crippen molar-refractivity contribution in [1.29, 1.82) is 0 Å². The van der Waals surface area contributed by atoms with Crippen molar-refractivity contribution < 1.29 is 14.3 Å². The third-order valence-electron chi connectivity index (χ3n) is 2.49. The highest BCUT2D eigenvalue weighted by Gasteiger charge is 2.23. The number of nitrogens with one attached hydrogen (secondary N) is 1. The standard InChI is InChI=1S/C13H28N2O3/c1-13(2,3)9-11(10-14)12(16)15-5-6-18-8-7-17-4/h11H,5-10,14H2,1-4H3,(H,15,16). The van der Waals surface area contributed by atoms with E-state index in [0.717, 1.165) is 6.42 Å². The largest absolute Gasteiger partial charge is 0.382 e. The molecule has 0 aromatic rings. The fraction of sp³-hybridized carbons (Fsp3) is 0.923. The van der Waals surface area contributed by atoms with E-state index in [-0.39, 0.29) is 17.2 Å². The number of ether oxygens (including phenoxy) is 2. The zero-order valence-electron chi connectivity index (χ0n) is 12.1. The number of carbonyl (C=O) groups is 1. The van der Waals surface area contributed by atoms with Crippen LogP contribution in [0.15, 0.2) is 0 Å². The molecule has 3 N–H and O–H groups in total. The van der Waals surface area contributed by atoms with Crippen LogP contribution in [0.1, 0.15) is 27.2 Å². The van der Waals surface area contributed by atoms with E-state index in [2.05, 4.69) is 26.1 Å². The zero-order chi connectivity index (χ0) is 14.0. The zero-order valence-corrected chi connectivity index (χ0v) is 12.1. The van der Waals surface area contributed by atoms with Gasteiger partial charge in [-0.25, -0.2) is 0 Å². The topological polar surface area (TPSA) is 73.6 Å². The van der Waals surface area contributed by atoms with Crippen LogP contribution >= 0.6 is 0 Å². The summed E-state index contributed by atoms with van der Waals surface area (Å²) in [6.07, 6.45) is 0.792. The van der Waals surface area contributed by atoms with Gasteiger partial charge in [-0.15, -0.1) is 0 Å². The maximum atomic E-state index is 11.9. The first-order valence-corrected chi connectivity index (χ1v) is 6.45. The second-order valence-corrected chi connectivity index (χ2v) is 5.59. The van der Waals surface area contributed by atoms with Gasteiger partial charge in [0.15, 0.2) is 0 Å². The predicted molar refractivity (Wildman–Crippen MR) is 72.3 cm³/mol. The van der Waals surface area contributed by atoms with E-state index < -0.39 is 0 Å². The molecule has 0 heterocycles. The molecule has 1 amide bonds. The molecule has 0 radical (unpaired) electrons. The average Bonchev–Trinajstić information content (AvgIpc) is 2.29. The first-order chi connectivity index (χ1) is 8.40. The van der Waals surface area contributed by atoms with Gasteiger partial charge in [0, 0.05) is 20.2 Å². The van der Waals surface area contributed by atoms with Crippen LogP contribution in [-0.2, 0) is 14.3 Å². The molecule has 0 spiro atoms. The molecule has 0 aromatic carbocycles. The predicted octanol–water partition coefficient (Wildman–Crippen LogP) is 0.777. The van der Waals surface area contributed by atoms with Crippen LogP contribution < -0.4 is 11.1 Å². The number of carbonyl (C=O) groups excluding carboxylic acids is 1. The molecule has 0 bridgehead atoms. The van der Waals surface area contributed by atoms with Crippen molar-refractivity contribution in [3.05, 3.63) is 0 Å². The maximum Gasteiger partial charge on any atom is 0.224 e. The molecule has 1 unspecified atom stereocenters. The van der Waals surface area contributed by atoms with E-state index in [0.29, 0.717) is 32.9 Å². The van der Waals surface area contributed by atoms with Crippen molar-refractivity contribution in [2.45, 2.75) is 27.2 Å². The molecular formula is C13H28N2O3. The minimum Gasteiger partial charge on any atom is -0.382 e. The lowest BCUT2D eigenvalue weighted by molar-refractivity contribution is -0.125. The molecule has 5 heteroatoms. The molecule has 0 rings (SSSR count). The van der Waals surface area contributed by atoms with E-state index in [1.54, 1.807) is 7.11 Å². The summed E-state index contributed by atoms with van der Waals surface area (Å²) in [4.78, 5) is 11.9. The van der Waals surface area contributed by atoms with Crippen molar-refractivity contribution in [3.63, 3.8) is 0 Å². The average molecular weight is 260 g/mol. The van der Waals surface area contributed by atoms with Gasteiger partial charge in [0.2, 0.25) is 5.91 Å². The highest BCUT2D eigenvalue weighted by atomic mass is 16.5. The second kappa shape index (κ2) is 9.30. The Morgan fingerprint density at radius 3 is 2.44 bits per heavy atom.